The van der Waals surface area contributed by atoms with E-state index in [1.165, 1.54) is 18.6 Å². The zero-order valence-corrected chi connectivity index (χ0v) is 16.6. The van der Waals surface area contributed by atoms with Gasteiger partial charge in [-0.2, -0.15) is 0 Å². The Morgan fingerprint density at radius 1 is 1.38 bits per heavy atom. The molecule has 140 valence electrons. The number of ether oxygens (including phenoxy) is 1. The van der Waals surface area contributed by atoms with Gasteiger partial charge in [0.2, 0.25) is 10.0 Å². The number of nitrogens with one attached hydrogen (secondary N) is 2. The molecule has 11 heteroatoms. The molecule has 0 spiro atoms. The Morgan fingerprint density at radius 3 is 2.67 bits per heavy atom. The lowest BCUT2D eigenvalue weighted by Crippen LogP contribution is -2.44. The smallest absolute Gasteiger partial charge is 0.348 e. The Labute approximate surface area is 159 Å². The molecular weight excluding hydrogens is 397 g/mol. The fourth-order valence-electron chi connectivity index (χ4n) is 2.19. The second-order valence-corrected chi connectivity index (χ2v) is 7.66. The molecule has 1 aromatic heterocycles. The van der Waals surface area contributed by atoms with Gasteiger partial charge in [0.15, 0.2) is 0 Å². The van der Waals surface area contributed by atoms with Crippen molar-refractivity contribution in [2.75, 3.05) is 46.4 Å². The number of thiophene rings is 1. The third-order valence-electron chi connectivity index (χ3n) is 3.43. The van der Waals surface area contributed by atoms with Crippen LogP contribution in [0.5, 0.6) is 0 Å². The van der Waals surface area contributed by atoms with Crippen LogP contribution in [0.25, 0.3) is 0 Å². The molecule has 1 aliphatic rings. The first-order valence-corrected chi connectivity index (χ1v) is 9.49. The third-order valence-corrected chi connectivity index (χ3v) is 5.93. The molecule has 1 fully saturated rings. The molecule has 24 heavy (non-hydrogen) atoms. The molecule has 1 aromatic rings. The second-order valence-electron chi connectivity index (χ2n) is 4.98. The molecule has 7 nitrogen and oxygen atoms in total. The minimum Gasteiger partial charge on any atom is -0.465 e. The number of esters is 1. The lowest BCUT2D eigenvalue weighted by atomic mass is 10.3. The first-order chi connectivity index (χ1) is 10.5. The monoisotopic (exact) mass is 419 g/mol. The van der Waals surface area contributed by atoms with Crippen LogP contribution in [0.2, 0.25) is 0 Å². The summed E-state index contributed by atoms with van der Waals surface area (Å²) in [6, 6.07) is 1.34. The van der Waals surface area contributed by atoms with E-state index in [4.69, 9.17) is 0 Å². The van der Waals surface area contributed by atoms with Crippen LogP contribution in [0.1, 0.15) is 16.1 Å². The van der Waals surface area contributed by atoms with Crippen molar-refractivity contribution in [2.24, 2.45) is 0 Å². The van der Waals surface area contributed by atoms with Gasteiger partial charge in [0.25, 0.3) is 0 Å². The lowest BCUT2D eigenvalue weighted by molar-refractivity contribution is 0.0606. The summed E-state index contributed by atoms with van der Waals surface area (Å²) < 4.78 is 31.4. The van der Waals surface area contributed by atoms with Crippen LogP contribution in [0, 0.1) is 0 Å². The average molecular weight is 420 g/mol. The van der Waals surface area contributed by atoms with Gasteiger partial charge in [-0.1, -0.05) is 0 Å². The molecule has 0 amide bonds. The first kappa shape index (κ1) is 23.6. The maximum atomic E-state index is 12.1. The van der Waals surface area contributed by atoms with Gasteiger partial charge < -0.3 is 15.0 Å². The Bertz CT molecular complexity index is 604. The minimum atomic E-state index is -3.56. The van der Waals surface area contributed by atoms with Crippen LogP contribution in [0.3, 0.4) is 0 Å². The van der Waals surface area contributed by atoms with E-state index in [0.717, 1.165) is 50.5 Å². The summed E-state index contributed by atoms with van der Waals surface area (Å²) in [6.07, 6.45) is 0.757. The number of hydrogen-bond acceptors (Lipinski definition) is 7. The van der Waals surface area contributed by atoms with Gasteiger partial charge in [-0.15, -0.1) is 36.2 Å². The number of rotatable bonds is 7. The zero-order valence-electron chi connectivity index (χ0n) is 13.3. The number of piperazine rings is 1. The highest BCUT2D eigenvalue weighted by Gasteiger charge is 2.19. The largest absolute Gasteiger partial charge is 0.465 e. The van der Waals surface area contributed by atoms with Gasteiger partial charge in [-0.05, 0) is 19.0 Å². The SMILES string of the molecule is COC(=O)c1cc(S(=O)(=O)NCCCN2CCNCC2)cs1.Cl.Cl. The summed E-state index contributed by atoms with van der Waals surface area (Å²) in [6.45, 7) is 5.23. The van der Waals surface area contributed by atoms with Crippen molar-refractivity contribution in [2.45, 2.75) is 11.3 Å². The molecule has 0 bridgehead atoms. The van der Waals surface area contributed by atoms with Gasteiger partial charge in [0.05, 0.1) is 12.0 Å². The van der Waals surface area contributed by atoms with E-state index < -0.39 is 16.0 Å². The quantitative estimate of drug-likeness (QED) is 0.505. The van der Waals surface area contributed by atoms with Crippen LogP contribution < -0.4 is 10.0 Å². The van der Waals surface area contributed by atoms with Crippen molar-refractivity contribution in [3.8, 4) is 0 Å². The Kier molecular flexibility index (Phi) is 11.0. The molecule has 0 aromatic carbocycles. The number of methoxy groups -OCH3 is 1. The van der Waals surface area contributed by atoms with Crippen LogP contribution in [-0.4, -0.2) is 65.7 Å². The highest BCUT2D eigenvalue weighted by Crippen LogP contribution is 2.19. The van der Waals surface area contributed by atoms with Crippen molar-refractivity contribution in [3.63, 3.8) is 0 Å². The fraction of sp³-hybridized carbons (Fsp3) is 0.615. The van der Waals surface area contributed by atoms with E-state index in [9.17, 15) is 13.2 Å². The molecule has 0 saturated carbocycles. The molecule has 0 radical (unpaired) electrons. The molecule has 2 N–H and O–H groups in total. The number of nitrogens with zero attached hydrogens (tertiary/aromatic N) is 1. The summed E-state index contributed by atoms with van der Waals surface area (Å²) in [4.78, 5) is 14.1. The lowest BCUT2D eigenvalue weighted by Gasteiger charge is -2.26. The number of halogens is 2. The number of sulfonamides is 1. The van der Waals surface area contributed by atoms with Gasteiger partial charge in [0.1, 0.15) is 4.88 Å². The Hall–Kier alpha value is -0.420. The fourth-order valence-corrected chi connectivity index (χ4v) is 4.46. The predicted octanol–water partition coefficient (Wildman–Crippen LogP) is 0.952. The summed E-state index contributed by atoms with van der Waals surface area (Å²) in [5.74, 6) is -0.523. The summed E-state index contributed by atoms with van der Waals surface area (Å²) in [7, 11) is -2.29. The number of carbonyl (C=O) groups excluding carboxylic acids is 1. The van der Waals surface area contributed by atoms with Crippen molar-refractivity contribution >= 4 is 52.1 Å². The average Bonchev–Trinajstić information content (AvgIpc) is 3.03. The van der Waals surface area contributed by atoms with E-state index >= 15 is 0 Å². The Morgan fingerprint density at radius 2 is 2.04 bits per heavy atom. The number of carbonyl (C=O) groups is 1. The van der Waals surface area contributed by atoms with Crippen LogP contribution >= 0.6 is 36.2 Å². The maximum absolute atomic E-state index is 12.1. The molecule has 1 saturated heterocycles. The second kappa shape index (κ2) is 11.2. The molecule has 2 rings (SSSR count). The van der Waals surface area contributed by atoms with E-state index in [-0.39, 0.29) is 34.6 Å². The third kappa shape index (κ3) is 6.83. The number of hydrogen-bond donors (Lipinski definition) is 2. The normalized spacial score (nSPS) is 15.2. The molecule has 0 unspecified atom stereocenters. The van der Waals surface area contributed by atoms with E-state index in [0.29, 0.717) is 6.54 Å². The first-order valence-electron chi connectivity index (χ1n) is 7.12. The van der Waals surface area contributed by atoms with Gasteiger partial charge >= 0.3 is 5.97 Å². The van der Waals surface area contributed by atoms with Crippen molar-refractivity contribution < 1.29 is 17.9 Å². The maximum Gasteiger partial charge on any atom is 0.348 e. The summed E-state index contributed by atoms with van der Waals surface area (Å²) in [5.41, 5.74) is 0. The molecule has 2 heterocycles. The predicted molar refractivity (Wildman–Crippen MR) is 99.3 cm³/mol. The van der Waals surface area contributed by atoms with Gasteiger partial charge in [0, 0.05) is 38.1 Å². The van der Waals surface area contributed by atoms with Crippen molar-refractivity contribution in [1.82, 2.24) is 14.9 Å². The van der Waals surface area contributed by atoms with Gasteiger partial charge in [-0.3, -0.25) is 0 Å². The molecular formula is C13H23Cl2N3O4S2. The van der Waals surface area contributed by atoms with E-state index in [1.807, 2.05) is 0 Å². The van der Waals surface area contributed by atoms with E-state index in [2.05, 4.69) is 19.7 Å². The summed E-state index contributed by atoms with van der Waals surface area (Å²) >= 11 is 1.06. The molecule has 0 aliphatic carbocycles. The van der Waals surface area contributed by atoms with Crippen molar-refractivity contribution in [3.05, 3.63) is 16.3 Å². The standard InChI is InChI=1S/C13H21N3O4S2.2ClH/c1-20-13(17)12-9-11(10-21-12)22(18,19)15-3-2-6-16-7-4-14-5-8-16;;/h9-10,14-15H,2-8H2,1H3;2*1H. The molecule has 0 atom stereocenters. The van der Waals surface area contributed by atoms with E-state index in [1.54, 1.807) is 0 Å². The topological polar surface area (TPSA) is 87.7 Å². The minimum absolute atomic E-state index is 0. The van der Waals surface area contributed by atoms with Crippen LogP contribution in [0.4, 0.5) is 0 Å². The van der Waals surface area contributed by atoms with Gasteiger partial charge in [-0.25, -0.2) is 17.9 Å². The Balaban J connectivity index is 0.00000264. The highest BCUT2D eigenvalue weighted by molar-refractivity contribution is 7.89. The molecule has 1 aliphatic heterocycles. The van der Waals surface area contributed by atoms with Crippen molar-refractivity contribution in [1.29, 1.82) is 0 Å². The zero-order chi connectivity index (χ0) is 16.0. The van der Waals surface area contributed by atoms with Crippen LogP contribution in [-0.2, 0) is 14.8 Å². The van der Waals surface area contributed by atoms with Crippen LogP contribution in [0.15, 0.2) is 16.3 Å². The summed E-state index contributed by atoms with van der Waals surface area (Å²) in [5, 5.41) is 4.73. The highest BCUT2D eigenvalue weighted by atomic mass is 35.5.